The summed E-state index contributed by atoms with van der Waals surface area (Å²) >= 11 is -0.146. The molecule has 0 bridgehead atoms. The summed E-state index contributed by atoms with van der Waals surface area (Å²) in [5.74, 6) is -0.138. The number of benzene rings is 1. The van der Waals surface area contributed by atoms with Gasteiger partial charge >= 0.3 is 5.51 Å². The Morgan fingerprint density at radius 3 is 2.06 bits per heavy atom. The first-order chi connectivity index (χ1) is 7.83. The summed E-state index contributed by atoms with van der Waals surface area (Å²) in [6, 6.07) is 8.13. The molecule has 1 atom stereocenters. The molecule has 5 heteroatoms. The number of alkyl halides is 3. The van der Waals surface area contributed by atoms with Crippen LogP contribution in [0.4, 0.5) is 13.2 Å². The van der Waals surface area contributed by atoms with Crippen molar-refractivity contribution < 1.29 is 13.2 Å². The summed E-state index contributed by atoms with van der Waals surface area (Å²) in [4.78, 5) is 0.140. The van der Waals surface area contributed by atoms with Crippen LogP contribution in [0.3, 0.4) is 0 Å². The van der Waals surface area contributed by atoms with E-state index in [4.69, 9.17) is 5.26 Å². The van der Waals surface area contributed by atoms with Gasteiger partial charge < -0.3 is 0 Å². The van der Waals surface area contributed by atoms with Crippen LogP contribution in [0.15, 0.2) is 29.2 Å². The van der Waals surface area contributed by atoms with Crippen molar-refractivity contribution >= 4 is 11.8 Å². The van der Waals surface area contributed by atoms with Gasteiger partial charge in [-0.25, -0.2) is 0 Å². The van der Waals surface area contributed by atoms with E-state index in [0.29, 0.717) is 0 Å². The lowest BCUT2D eigenvalue weighted by Crippen LogP contribution is -2.04. The summed E-state index contributed by atoms with van der Waals surface area (Å²) in [6.07, 6.45) is 0. The molecule has 0 aliphatic carbocycles. The van der Waals surface area contributed by atoms with Crippen molar-refractivity contribution in [3.05, 3.63) is 29.8 Å². The largest absolute Gasteiger partial charge is 0.446 e. The van der Waals surface area contributed by atoms with Crippen molar-refractivity contribution in [3.63, 3.8) is 0 Å². The molecule has 17 heavy (non-hydrogen) atoms. The predicted octanol–water partition coefficient (Wildman–Crippen LogP) is 4.56. The van der Waals surface area contributed by atoms with Crippen molar-refractivity contribution in [1.82, 2.24) is 0 Å². The first-order valence-corrected chi connectivity index (χ1v) is 5.90. The van der Waals surface area contributed by atoms with Crippen molar-refractivity contribution in [2.75, 3.05) is 0 Å². The molecule has 1 aromatic carbocycles. The van der Waals surface area contributed by atoms with Crippen LogP contribution in [0.2, 0.25) is 0 Å². The molecule has 1 aromatic rings. The maximum atomic E-state index is 12.1. The second kappa shape index (κ2) is 5.46. The molecule has 0 saturated heterocycles. The van der Waals surface area contributed by atoms with Gasteiger partial charge in [0.1, 0.15) is 0 Å². The molecule has 0 aliphatic rings. The van der Waals surface area contributed by atoms with E-state index in [1.807, 2.05) is 13.8 Å². The summed E-state index contributed by atoms with van der Waals surface area (Å²) in [5.41, 5.74) is -3.51. The quantitative estimate of drug-likeness (QED) is 0.743. The Labute approximate surface area is 103 Å². The molecule has 0 aromatic heterocycles. The Kier molecular flexibility index (Phi) is 4.47. The normalized spacial score (nSPS) is 13.5. The Morgan fingerprint density at radius 2 is 1.71 bits per heavy atom. The molecule has 0 N–H and O–H groups in total. The SMILES string of the molecule is CC(C)C(C#N)c1ccc(SC(F)(F)F)cc1. The highest BCUT2D eigenvalue weighted by Crippen LogP contribution is 2.37. The lowest BCUT2D eigenvalue weighted by Gasteiger charge is -2.13. The van der Waals surface area contributed by atoms with E-state index in [2.05, 4.69) is 6.07 Å². The monoisotopic (exact) mass is 259 g/mol. The zero-order valence-electron chi connectivity index (χ0n) is 9.45. The number of nitrogens with zero attached hydrogens (tertiary/aromatic N) is 1. The molecule has 0 heterocycles. The van der Waals surface area contributed by atoms with Gasteiger partial charge in [-0.2, -0.15) is 18.4 Å². The van der Waals surface area contributed by atoms with Crippen LogP contribution in [-0.4, -0.2) is 5.51 Å². The van der Waals surface area contributed by atoms with Crippen LogP contribution in [-0.2, 0) is 0 Å². The highest BCUT2D eigenvalue weighted by molar-refractivity contribution is 8.00. The fourth-order valence-corrected chi connectivity index (χ4v) is 2.02. The van der Waals surface area contributed by atoms with E-state index in [-0.39, 0.29) is 28.5 Å². The lowest BCUT2D eigenvalue weighted by molar-refractivity contribution is -0.0328. The van der Waals surface area contributed by atoms with Gasteiger partial charge in [-0.3, -0.25) is 0 Å². The number of hydrogen-bond donors (Lipinski definition) is 0. The van der Waals surface area contributed by atoms with E-state index in [1.54, 1.807) is 12.1 Å². The van der Waals surface area contributed by atoms with Crippen LogP contribution >= 0.6 is 11.8 Å². The standard InChI is InChI=1S/C12H12F3NS/c1-8(2)11(7-16)9-3-5-10(6-4-9)17-12(13,14)15/h3-6,8,11H,1-2H3. The smallest absolute Gasteiger partial charge is 0.198 e. The molecular formula is C12H12F3NS. The van der Waals surface area contributed by atoms with Crippen LogP contribution in [0, 0.1) is 17.2 Å². The van der Waals surface area contributed by atoms with E-state index in [9.17, 15) is 13.2 Å². The molecule has 0 spiro atoms. The Morgan fingerprint density at radius 1 is 1.18 bits per heavy atom. The number of hydrogen-bond acceptors (Lipinski definition) is 2. The Balaban J connectivity index is 2.85. The van der Waals surface area contributed by atoms with Gasteiger partial charge in [-0.15, -0.1) is 0 Å². The minimum Gasteiger partial charge on any atom is -0.198 e. The van der Waals surface area contributed by atoms with Gasteiger partial charge in [-0.05, 0) is 35.4 Å². The summed E-state index contributed by atoms with van der Waals surface area (Å²) in [7, 11) is 0. The third-order valence-corrected chi connectivity index (χ3v) is 3.02. The average Bonchev–Trinajstić information content (AvgIpc) is 2.18. The third-order valence-electron chi connectivity index (χ3n) is 2.28. The number of nitriles is 1. The van der Waals surface area contributed by atoms with E-state index >= 15 is 0 Å². The van der Waals surface area contributed by atoms with Crippen molar-refractivity contribution in [2.45, 2.75) is 30.2 Å². The second-order valence-electron chi connectivity index (χ2n) is 3.97. The van der Waals surface area contributed by atoms with Crippen molar-refractivity contribution in [1.29, 1.82) is 5.26 Å². The second-order valence-corrected chi connectivity index (χ2v) is 5.11. The molecule has 1 nitrogen and oxygen atoms in total. The highest BCUT2D eigenvalue weighted by atomic mass is 32.2. The van der Waals surface area contributed by atoms with Gasteiger partial charge in [-0.1, -0.05) is 26.0 Å². The Hall–Kier alpha value is -1.15. The molecule has 0 saturated carbocycles. The fourth-order valence-electron chi connectivity index (χ4n) is 1.49. The zero-order chi connectivity index (χ0) is 13.1. The van der Waals surface area contributed by atoms with Gasteiger partial charge in [0.05, 0.1) is 12.0 Å². The van der Waals surface area contributed by atoms with Crippen LogP contribution < -0.4 is 0 Å². The molecule has 0 aliphatic heterocycles. The van der Waals surface area contributed by atoms with Gasteiger partial charge in [0.15, 0.2) is 0 Å². The third kappa shape index (κ3) is 4.31. The highest BCUT2D eigenvalue weighted by Gasteiger charge is 2.29. The van der Waals surface area contributed by atoms with Gasteiger partial charge in [0.2, 0.25) is 0 Å². The predicted molar refractivity (Wildman–Crippen MR) is 61.5 cm³/mol. The summed E-state index contributed by atoms with van der Waals surface area (Å²) < 4.78 is 36.3. The Bertz CT molecular complexity index is 403. The molecule has 92 valence electrons. The zero-order valence-corrected chi connectivity index (χ0v) is 10.3. The maximum Gasteiger partial charge on any atom is 0.446 e. The van der Waals surface area contributed by atoms with Crippen molar-refractivity contribution in [2.24, 2.45) is 5.92 Å². The number of halogens is 3. The van der Waals surface area contributed by atoms with Crippen LogP contribution in [0.1, 0.15) is 25.3 Å². The average molecular weight is 259 g/mol. The topological polar surface area (TPSA) is 23.8 Å². The molecule has 1 rings (SSSR count). The maximum absolute atomic E-state index is 12.1. The number of thioether (sulfide) groups is 1. The first-order valence-electron chi connectivity index (χ1n) is 5.09. The van der Waals surface area contributed by atoms with E-state index in [1.165, 1.54) is 12.1 Å². The molecule has 0 fully saturated rings. The molecule has 0 radical (unpaired) electrons. The molecule has 1 unspecified atom stereocenters. The van der Waals surface area contributed by atoms with Crippen molar-refractivity contribution in [3.8, 4) is 6.07 Å². The number of rotatable bonds is 3. The van der Waals surface area contributed by atoms with E-state index in [0.717, 1.165) is 5.56 Å². The minimum absolute atomic E-state index is 0.140. The summed E-state index contributed by atoms with van der Waals surface area (Å²) in [5, 5.41) is 8.97. The van der Waals surface area contributed by atoms with E-state index < -0.39 is 5.51 Å². The lowest BCUT2D eigenvalue weighted by atomic mass is 9.90. The fraction of sp³-hybridized carbons (Fsp3) is 0.417. The molecule has 0 amide bonds. The minimum atomic E-state index is -4.27. The van der Waals surface area contributed by atoms with Crippen LogP contribution in [0.25, 0.3) is 0 Å². The first kappa shape index (κ1) is 13.9. The summed E-state index contributed by atoms with van der Waals surface area (Å²) in [6.45, 7) is 3.82. The van der Waals surface area contributed by atoms with Crippen LogP contribution in [0.5, 0.6) is 0 Å². The van der Waals surface area contributed by atoms with Gasteiger partial charge in [0.25, 0.3) is 0 Å². The molecular weight excluding hydrogens is 247 g/mol. The van der Waals surface area contributed by atoms with Gasteiger partial charge in [0, 0.05) is 4.90 Å².